The summed E-state index contributed by atoms with van der Waals surface area (Å²) in [6.07, 6.45) is 0. The number of benzene rings is 2. The molecule has 0 saturated heterocycles. The number of carbonyl (C=O) groups is 2. The Morgan fingerprint density at radius 1 is 0.692 bits per heavy atom. The minimum atomic E-state index is -0.589. The second-order valence-corrected chi connectivity index (χ2v) is 7.50. The number of hydrogen-bond acceptors (Lipinski definition) is 8. The largest absolute Gasteiger partial charge is 0.288 e. The molecule has 26 heavy (non-hydrogen) atoms. The lowest BCUT2D eigenvalue weighted by Crippen LogP contribution is -2.02. The number of hydrogen-bond donors (Lipinski definition) is 0. The lowest BCUT2D eigenvalue weighted by atomic mass is 10.1. The van der Waals surface area contributed by atoms with Gasteiger partial charge in [-0.15, -0.1) is 0 Å². The van der Waals surface area contributed by atoms with Crippen LogP contribution in [0.15, 0.2) is 56.0 Å². The lowest BCUT2D eigenvalue weighted by molar-refractivity contribution is -0.385. The first-order chi connectivity index (χ1) is 12.4. The molecular formula is C16H6N2O6S2. The first-order valence-corrected chi connectivity index (χ1v) is 8.76. The number of thioether (sulfide) groups is 2. The highest BCUT2D eigenvalue weighted by atomic mass is 32.2. The van der Waals surface area contributed by atoms with E-state index in [1.807, 2.05) is 0 Å². The van der Waals surface area contributed by atoms with E-state index in [4.69, 9.17) is 0 Å². The summed E-state index contributed by atoms with van der Waals surface area (Å²) in [5.41, 5.74) is -0.0365. The van der Waals surface area contributed by atoms with E-state index in [-0.39, 0.29) is 32.3 Å². The molecule has 8 nitrogen and oxygen atoms in total. The summed E-state index contributed by atoms with van der Waals surface area (Å²) in [5, 5.41) is 21.8. The minimum Gasteiger partial charge on any atom is -0.288 e. The Morgan fingerprint density at radius 2 is 1.08 bits per heavy atom. The number of non-ortho nitro benzene ring substituents is 2. The normalized spacial score (nSPS) is 18.0. The number of carbonyl (C=O) groups excluding carboxylic acids is 2. The SMILES string of the molecule is O=C1/C(=C2/Sc3ccc([N+](=O)[O-])cc3C2=O)Sc2ccc([N+](=O)[O-])cc21. The number of fused-ring (bicyclic) bond motifs is 2. The van der Waals surface area contributed by atoms with Gasteiger partial charge in [-0.2, -0.15) is 0 Å². The van der Waals surface area contributed by atoms with Crippen LogP contribution in [-0.4, -0.2) is 21.4 Å². The fraction of sp³-hybridized carbons (Fsp3) is 0. The Kier molecular flexibility index (Phi) is 3.67. The highest BCUT2D eigenvalue weighted by molar-refractivity contribution is 8.08. The molecule has 0 bridgehead atoms. The standard InChI is InChI=1S/C16H6N2O6S2/c19-13-9-5-7(17(21)22)1-3-11(9)25-15(13)16-14(20)10-6-8(18(23)24)2-4-12(10)26-16/h1-6H/b16-15-. The van der Waals surface area contributed by atoms with Crippen LogP contribution in [0.25, 0.3) is 0 Å². The van der Waals surface area contributed by atoms with Gasteiger partial charge in [0.1, 0.15) is 0 Å². The zero-order valence-electron chi connectivity index (χ0n) is 12.6. The topological polar surface area (TPSA) is 120 Å². The molecule has 4 rings (SSSR count). The van der Waals surface area contributed by atoms with E-state index in [9.17, 15) is 29.8 Å². The molecule has 0 radical (unpaired) electrons. The summed E-state index contributed by atoms with van der Waals surface area (Å²) in [7, 11) is 0. The molecule has 10 heteroatoms. The van der Waals surface area contributed by atoms with Crippen LogP contribution in [0.3, 0.4) is 0 Å². The molecule has 2 aliphatic rings. The summed E-state index contributed by atoms with van der Waals surface area (Å²) in [6, 6.07) is 7.95. The van der Waals surface area contributed by atoms with Crippen molar-refractivity contribution < 1.29 is 19.4 Å². The highest BCUT2D eigenvalue weighted by Gasteiger charge is 2.37. The quantitative estimate of drug-likeness (QED) is 0.431. The molecule has 2 aromatic carbocycles. The van der Waals surface area contributed by atoms with Gasteiger partial charge in [0, 0.05) is 45.2 Å². The highest BCUT2D eigenvalue weighted by Crippen LogP contribution is 2.50. The molecule has 2 aliphatic heterocycles. The van der Waals surface area contributed by atoms with Gasteiger partial charge in [0.25, 0.3) is 11.4 Å². The molecule has 0 fully saturated rings. The number of ketones is 2. The fourth-order valence-electron chi connectivity index (χ4n) is 2.65. The van der Waals surface area contributed by atoms with E-state index in [2.05, 4.69) is 0 Å². The van der Waals surface area contributed by atoms with Crippen LogP contribution in [0.5, 0.6) is 0 Å². The maximum Gasteiger partial charge on any atom is 0.270 e. The van der Waals surface area contributed by atoms with E-state index in [0.717, 1.165) is 23.5 Å². The van der Waals surface area contributed by atoms with Gasteiger partial charge >= 0.3 is 0 Å². The Labute approximate surface area is 153 Å². The third kappa shape index (κ3) is 2.42. The number of nitro groups is 2. The molecule has 0 spiro atoms. The summed E-state index contributed by atoms with van der Waals surface area (Å²) in [6.45, 7) is 0. The molecule has 2 aromatic rings. The van der Waals surface area contributed by atoms with Crippen LogP contribution in [0.1, 0.15) is 20.7 Å². The number of nitrogens with zero attached hydrogens (tertiary/aromatic N) is 2. The van der Waals surface area contributed by atoms with E-state index < -0.39 is 21.4 Å². The van der Waals surface area contributed by atoms with Gasteiger partial charge < -0.3 is 0 Å². The first kappa shape index (κ1) is 16.5. The van der Waals surface area contributed by atoms with Gasteiger partial charge in [0.05, 0.1) is 19.7 Å². The smallest absolute Gasteiger partial charge is 0.270 e. The van der Waals surface area contributed by atoms with Crippen LogP contribution < -0.4 is 0 Å². The average Bonchev–Trinajstić information content (AvgIpc) is 3.11. The Bertz CT molecular complexity index is 1010. The molecule has 0 amide bonds. The maximum absolute atomic E-state index is 12.7. The van der Waals surface area contributed by atoms with E-state index in [1.165, 1.54) is 36.4 Å². The monoisotopic (exact) mass is 386 g/mol. The third-order valence-electron chi connectivity index (χ3n) is 3.88. The second-order valence-electron chi connectivity index (χ2n) is 5.40. The van der Waals surface area contributed by atoms with Crippen molar-refractivity contribution in [2.45, 2.75) is 9.79 Å². The fourth-order valence-corrected chi connectivity index (χ4v) is 4.91. The van der Waals surface area contributed by atoms with Crippen LogP contribution in [0.4, 0.5) is 11.4 Å². The van der Waals surface area contributed by atoms with Crippen molar-refractivity contribution in [3.8, 4) is 0 Å². The van der Waals surface area contributed by atoms with Crippen LogP contribution >= 0.6 is 23.5 Å². The number of nitro benzene ring substituents is 2. The maximum atomic E-state index is 12.7. The predicted molar refractivity (Wildman–Crippen MR) is 93.6 cm³/mol. The van der Waals surface area contributed by atoms with Crippen molar-refractivity contribution >= 4 is 46.5 Å². The van der Waals surface area contributed by atoms with Gasteiger partial charge in [-0.25, -0.2) is 0 Å². The Hall–Kier alpha value is -2.98. The van der Waals surface area contributed by atoms with Gasteiger partial charge in [-0.05, 0) is 12.1 Å². The van der Waals surface area contributed by atoms with Gasteiger partial charge in [-0.3, -0.25) is 29.8 Å². The van der Waals surface area contributed by atoms with Gasteiger partial charge in [-0.1, -0.05) is 23.5 Å². The molecule has 0 aliphatic carbocycles. The molecular weight excluding hydrogens is 380 g/mol. The molecule has 0 atom stereocenters. The van der Waals surface area contributed by atoms with Gasteiger partial charge in [0.15, 0.2) is 0 Å². The number of rotatable bonds is 2. The summed E-state index contributed by atoms with van der Waals surface area (Å²) in [4.78, 5) is 47.4. The molecule has 0 unspecified atom stereocenters. The number of allylic oxidation sites excluding steroid dienone is 2. The Morgan fingerprint density at radius 3 is 1.42 bits per heavy atom. The first-order valence-electron chi connectivity index (χ1n) is 7.13. The number of Topliss-reactive ketones (excluding diaryl/α,β-unsaturated/α-hetero) is 2. The van der Waals surface area contributed by atoms with Crippen molar-refractivity contribution in [3.63, 3.8) is 0 Å². The predicted octanol–water partition coefficient (Wildman–Crippen LogP) is 3.99. The van der Waals surface area contributed by atoms with E-state index in [1.54, 1.807) is 0 Å². The van der Waals surface area contributed by atoms with Crippen molar-refractivity contribution in [1.29, 1.82) is 0 Å². The summed E-state index contributed by atoms with van der Waals surface area (Å²) < 4.78 is 0. The third-order valence-corrected chi connectivity index (χ3v) is 6.35. The van der Waals surface area contributed by atoms with E-state index >= 15 is 0 Å². The van der Waals surface area contributed by atoms with Crippen molar-refractivity contribution in [2.75, 3.05) is 0 Å². The zero-order chi connectivity index (χ0) is 18.6. The molecule has 0 aromatic heterocycles. The Balaban J connectivity index is 1.77. The molecule has 2 heterocycles. The van der Waals surface area contributed by atoms with Crippen molar-refractivity contribution in [2.24, 2.45) is 0 Å². The molecule has 128 valence electrons. The molecule has 0 saturated carbocycles. The van der Waals surface area contributed by atoms with Crippen LogP contribution in [-0.2, 0) is 0 Å². The zero-order valence-corrected chi connectivity index (χ0v) is 14.3. The summed E-state index contributed by atoms with van der Waals surface area (Å²) in [5.74, 6) is -0.904. The van der Waals surface area contributed by atoms with Crippen molar-refractivity contribution in [1.82, 2.24) is 0 Å². The van der Waals surface area contributed by atoms with Crippen LogP contribution in [0.2, 0.25) is 0 Å². The average molecular weight is 386 g/mol. The van der Waals surface area contributed by atoms with Gasteiger partial charge in [0.2, 0.25) is 11.6 Å². The lowest BCUT2D eigenvalue weighted by Gasteiger charge is -1.98. The van der Waals surface area contributed by atoms with Crippen molar-refractivity contribution in [3.05, 3.63) is 77.6 Å². The van der Waals surface area contributed by atoms with Crippen LogP contribution in [0, 0.1) is 20.2 Å². The minimum absolute atomic E-state index is 0.182. The summed E-state index contributed by atoms with van der Waals surface area (Å²) >= 11 is 2.16. The molecule has 0 N–H and O–H groups in total. The van der Waals surface area contributed by atoms with E-state index in [0.29, 0.717) is 9.79 Å². The second kappa shape index (κ2) is 5.78.